The zero-order chi connectivity index (χ0) is 14.8. The lowest BCUT2D eigenvalue weighted by Crippen LogP contribution is -2.49. The maximum absolute atomic E-state index is 12.4. The van der Waals surface area contributed by atoms with Crippen molar-refractivity contribution in [3.05, 3.63) is 11.9 Å². The minimum Gasteiger partial charge on any atom is -0.468 e. The molecule has 0 radical (unpaired) electrons. The second-order valence-corrected chi connectivity index (χ2v) is 6.52. The summed E-state index contributed by atoms with van der Waals surface area (Å²) < 4.78 is 30.8. The van der Waals surface area contributed by atoms with Gasteiger partial charge in [-0.05, 0) is 6.92 Å². The van der Waals surface area contributed by atoms with Gasteiger partial charge in [0.1, 0.15) is 4.90 Å². The Bertz CT molecular complexity index is 575. The second kappa shape index (κ2) is 5.90. The van der Waals surface area contributed by atoms with Crippen LogP contribution in [0.5, 0.6) is 0 Å². The lowest BCUT2D eigenvalue weighted by molar-refractivity contribution is -0.142. The first kappa shape index (κ1) is 14.9. The Hall–Kier alpha value is -1.45. The smallest absolute Gasteiger partial charge is 0.319 e. The third-order valence-corrected chi connectivity index (χ3v) is 5.33. The predicted octanol–water partition coefficient (Wildman–Crippen LogP) is -0.803. The van der Waals surface area contributed by atoms with Crippen LogP contribution < -0.4 is 0 Å². The van der Waals surface area contributed by atoms with Gasteiger partial charge in [-0.3, -0.25) is 14.8 Å². The molecule has 1 aromatic rings. The molecule has 1 aliphatic rings. The monoisotopic (exact) mass is 302 g/mol. The van der Waals surface area contributed by atoms with Gasteiger partial charge in [-0.2, -0.15) is 9.40 Å². The molecule has 0 bridgehead atoms. The van der Waals surface area contributed by atoms with Crippen LogP contribution in [0.4, 0.5) is 0 Å². The van der Waals surface area contributed by atoms with Crippen LogP contribution >= 0.6 is 0 Å². The summed E-state index contributed by atoms with van der Waals surface area (Å²) in [5, 5.41) is 6.37. The van der Waals surface area contributed by atoms with E-state index in [2.05, 4.69) is 14.9 Å². The Morgan fingerprint density at radius 3 is 2.55 bits per heavy atom. The van der Waals surface area contributed by atoms with Gasteiger partial charge in [0.15, 0.2) is 0 Å². The minimum absolute atomic E-state index is 0.190. The Kier molecular flexibility index (Phi) is 4.41. The number of hydrogen-bond donors (Lipinski definition) is 1. The number of aromatic amines is 1. The third-order valence-electron chi connectivity index (χ3n) is 3.31. The number of aryl methyl sites for hydroxylation is 1. The molecule has 0 amide bonds. The number of carbonyl (C=O) groups excluding carboxylic acids is 1. The van der Waals surface area contributed by atoms with Crippen molar-refractivity contribution >= 4 is 16.0 Å². The minimum atomic E-state index is -3.51. The molecule has 112 valence electrons. The van der Waals surface area contributed by atoms with Crippen LogP contribution in [0.1, 0.15) is 5.69 Å². The predicted molar refractivity (Wildman–Crippen MR) is 70.5 cm³/mol. The van der Waals surface area contributed by atoms with E-state index in [1.54, 1.807) is 6.92 Å². The summed E-state index contributed by atoms with van der Waals surface area (Å²) in [4.78, 5) is 13.3. The quantitative estimate of drug-likeness (QED) is 0.731. The van der Waals surface area contributed by atoms with Crippen LogP contribution in [-0.2, 0) is 19.6 Å². The molecule has 1 aliphatic heterocycles. The van der Waals surface area contributed by atoms with E-state index in [-0.39, 0.29) is 17.4 Å². The molecule has 1 saturated heterocycles. The number of piperazine rings is 1. The van der Waals surface area contributed by atoms with Crippen molar-refractivity contribution in [1.82, 2.24) is 19.4 Å². The summed E-state index contributed by atoms with van der Waals surface area (Å²) in [6.45, 7) is 3.58. The number of methoxy groups -OCH3 is 1. The summed E-state index contributed by atoms with van der Waals surface area (Å²) in [7, 11) is -2.17. The van der Waals surface area contributed by atoms with E-state index in [1.807, 2.05) is 4.90 Å². The fourth-order valence-corrected chi connectivity index (χ4v) is 3.65. The van der Waals surface area contributed by atoms with Crippen molar-refractivity contribution in [2.24, 2.45) is 0 Å². The highest BCUT2D eigenvalue weighted by Crippen LogP contribution is 2.19. The van der Waals surface area contributed by atoms with Crippen molar-refractivity contribution in [3.63, 3.8) is 0 Å². The van der Waals surface area contributed by atoms with Gasteiger partial charge in [0.2, 0.25) is 10.0 Å². The number of H-pyrrole nitrogens is 1. The second-order valence-electron chi connectivity index (χ2n) is 4.62. The van der Waals surface area contributed by atoms with Gasteiger partial charge in [-0.1, -0.05) is 0 Å². The third kappa shape index (κ3) is 3.00. The normalized spacial score (nSPS) is 18.1. The van der Waals surface area contributed by atoms with Crippen LogP contribution in [-0.4, -0.2) is 73.6 Å². The summed E-state index contributed by atoms with van der Waals surface area (Å²) in [5.74, 6) is -0.313. The number of aromatic nitrogens is 2. The maximum atomic E-state index is 12.4. The molecular formula is C11H18N4O4S. The van der Waals surface area contributed by atoms with Gasteiger partial charge in [-0.25, -0.2) is 8.42 Å². The van der Waals surface area contributed by atoms with Gasteiger partial charge < -0.3 is 4.74 Å². The first-order valence-electron chi connectivity index (χ1n) is 6.24. The van der Waals surface area contributed by atoms with Gasteiger partial charge in [-0.15, -0.1) is 0 Å². The highest BCUT2D eigenvalue weighted by molar-refractivity contribution is 7.89. The molecule has 20 heavy (non-hydrogen) atoms. The van der Waals surface area contributed by atoms with E-state index < -0.39 is 10.0 Å². The first-order chi connectivity index (χ1) is 9.45. The molecule has 0 atom stereocenters. The van der Waals surface area contributed by atoms with E-state index in [0.29, 0.717) is 31.9 Å². The first-order valence-corrected chi connectivity index (χ1v) is 7.68. The van der Waals surface area contributed by atoms with Gasteiger partial charge in [0.05, 0.1) is 25.5 Å². The molecule has 0 saturated carbocycles. The highest BCUT2D eigenvalue weighted by Gasteiger charge is 2.30. The fourth-order valence-electron chi connectivity index (χ4n) is 2.11. The maximum Gasteiger partial charge on any atom is 0.319 e. The summed E-state index contributed by atoms with van der Waals surface area (Å²) in [6.07, 6.45) is 1.32. The average Bonchev–Trinajstić information content (AvgIpc) is 2.86. The van der Waals surface area contributed by atoms with Crippen molar-refractivity contribution < 1.29 is 17.9 Å². The lowest BCUT2D eigenvalue weighted by atomic mass is 10.3. The van der Waals surface area contributed by atoms with Crippen LogP contribution in [0.3, 0.4) is 0 Å². The molecule has 8 nitrogen and oxygen atoms in total. The molecule has 1 N–H and O–H groups in total. The Labute approximate surface area is 117 Å². The van der Waals surface area contributed by atoms with Gasteiger partial charge in [0.25, 0.3) is 0 Å². The largest absolute Gasteiger partial charge is 0.468 e. The Morgan fingerprint density at radius 2 is 2.05 bits per heavy atom. The van der Waals surface area contributed by atoms with Crippen LogP contribution in [0.15, 0.2) is 11.1 Å². The number of nitrogens with zero attached hydrogens (tertiary/aromatic N) is 3. The number of sulfonamides is 1. The number of hydrogen-bond acceptors (Lipinski definition) is 6. The summed E-state index contributed by atoms with van der Waals surface area (Å²) in [6, 6.07) is 0. The molecule has 0 aromatic carbocycles. The molecule has 9 heteroatoms. The molecule has 0 aliphatic carbocycles. The van der Waals surface area contributed by atoms with Crippen LogP contribution in [0.2, 0.25) is 0 Å². The van der Waals surface area contributed by atoms with Crippen molar-refractivity contribution in [3.8, 4) is 0 Å². The lowest BCUT2D eigenvalue weighted by Gasteiger charge is -2.33. The molecule has 2 rings (SSSR count). The SMILES string of the molecule is COC(=O)CN1CCN(S(=O)(=O)c2cn[nH]c2C)CC1. The Balaban J connectivity index is 2.00. The molecular weight excluding hydrogens is 284 g/mol. The number of ether oxygens (including phenoxy) is 1. The topological polar surface area (TPSA) is 95.6 Å². The standard InChI is InChI=1S/C11H18N4O4S/c1-9-10(7-12-13-9)20(17,18)15-5-3-14(4-6-15)8-11(16)19-2/h7H,3-6,8H2,1-2H3,(H,12,13). The number of carbonyl (C=O) groups is 1. The zero-order valence-electron chi connectivity index (χ0n) is 11.5. The number of rotatable bonds is 4. The summed E-state index contributed by atoms with van der Waals surface area (Å²) >= 11 is 0. The van der Waals surface area contributed by atoms with Gasteiger partial charge >= 0.3 is 5.97 Å². The van der Waals surface area contributed by atoms with Crippen LogP contribution in [0, 0.1) is 6.92 Å². The molecule has 2 heterocycles. The van der Waals surface area contributed by atoms with Gasteiger partial charge in [0, 0.05) is 26.2 Å². The zero-order valence-corrected chi connectivity index (χ0v) is 12.3. The number of esters is 1. The average molecular weight is 302 g/mol. The van der Waals surface area contributed by atoms with E-state index in [4.69, 9.17) is 0 Å². The molecule has 1 fully saturated rings. The van der Waals surface area contributed by atoms with Crippen LogP contribution in [0.25, 0.3) is 0 Å². The van der Waals surface area contributed by atoms with E-state index in [0.717, 1.165) is 0 Å². The van der Waals surface area contributed by atoms with E-state index in [1.165, 1.54) is 17.6 Å². The van der Waals surface area contributed by atoms with Crippen molar-refractivity contribution in [1.29, 1.82) is 0 Å². The fraction of sp³-hybridized carbons (Fsp3) is 0.636. The van der Waals surface area contributed by atoms with E-state index in [9.17, 15) is 13.2 Å². The molecule has 0 unspecified atom stereocenters. The highest BCUT2D eigenvalue weighted by atomic mass is 32.2. The Morgan fingerprint density at radius 1 is 1.40 bits per heavy atom. The molecule has 0 spiro atoms. The van der Waals surface area contributed by atoms with Crippen molar-refractivity contribution in [2.75, 3.05) is 39.8 Å². The van der Waals surface area contributed by atoms with Crippen molar-refractivity contribution in [2.45, 2.75) is 11.8 Å². The number of nitrogens with one attached hydrogen (secondary N) is 1. The molecule has 1 aromatic heterocycles. The summed E-state index contributed by atoms with van der Waals surface area (Å²) in [5.41, 5.74) is 0.530. The van der Waals surface area contributed by atoms with E-state index >= 15 is 0 Å².